The second kappa shape index (κ2) is 9.17. The van der Waals surface area contributed by atoms with Crippen LogP contribution >= 0.6 is 0 Å². The molecular weight excluding hydrogens is 427 g/mol. The van der Waals surface area contributed by atoms with E-state index < -0.39 is 23.4 Å². The van der Waals surface area contributed by atoms with Gasteiger partial charge in [0, 0.05) is 23.5 Å². The van der Waals surface area contributed by atoms with Crippen LogP contribution in [0.3, 0.4) is 0 Å². The Morgan fingerprint density at radius 2 is 1.81 bits per heavy atom. The molecule has 3 rings (SSSR count). The zero-order valence-electron chi connectivity index (χ0n) is 17.0. The standard InChI is InChI=1S/C23H19F5N4/c1-13-18(10-16(24)11-20(13)25)14(2)32-22(17-7-5-9-30-21(17)29)31-12-15-6-3-4-8-19(15)23(26,27)28/h3-11H,2,12H2,1H3,(H2,29,30)(H,31,32). The first-order valence-electron chi connectivity index (χ1n) is 9.40. The number of nitrogens with zero attached hydrogens (tertiary/aromatic N) is 2. The molecule has 3 N–H and O–H groups in total. The van der Waals surface area contributed by atoms with E-state index in [9.17, 15) is 22.0 Å². The highest BCUT2D eigenvalue weighted by Crippen LogP contribution is 2.32. The number of aromatic nitrogens is 1. The minimum absolute atomic E-state index is 0.0552. The Morgan fingerprint density at radius 1 is 1.09 bits per heavy atom. The van der Waals surface area contributed by atoms with Crippen molar-refractivity contribution in [2.75, 3.05) is 5.73 Å². The molecule has 0 atom stereocenters. The van der Waals surface area contributed by atoms with Gasteiger partial charge in [-0.15, -0.1) is 0 Å². The molecule has 1 heterocycles. The van der Waals surface area contributed by atoms with Crippen molar-refractivity contribution in [3.05, 3.63) is 101 Å². The van der Waals surface area contributed by atoms with Crippen LogP contribution in [0.15, 0.2) is 66.3 Å². The minimum atomic E-state index is -4.55. The Morgan fingerprint density at radius 3 is 2.50 bits per heavy atom. The smallest absolute Gasteiger partial charge is 0.383 e. The highest BCUT2D eigenvalue weighted by molar-refractivity contribution is 6.06. The molecule has 32 heavy (non-hydrogen) atoms. The third-order valence-electron chi connectivity index (χ3n) is 4.73. The van der Waals surface area contributed by atoms with Crippen molar-refractivity contribution >= 4 is 17.4 Å². The summed E-state index contributed by atoms with van der Waals surface area (Å²) in [6.07, 6.45) is -3.11. The predicted octanol–water partition coefficient (Wildman–Crippen LogP) is 5.48. The maximum atomic E-state index is 14.0. The molecule has 0 spiro atoms. The molecule has 0 saturated carbocycles. The van der Waals surface area contributed by atoms with Gasteiger partial charge in [-0.3, -0.25) is 4.99 Å². The predicted molar refractivity (Wildman–Crippen MR) is 114 cm³/mol. The van der Waals surface area contributed by atoms with Crippen LogP contribution in [0.2, 0.25) is 0 Å². The van der Waals surface area contributed by atoms with E-state index in [4.69, 9.17) is 5.73 Å². The maximum absolute atomic E-state index is 14.0. The summed E-state index contributed by atoms with van der Waals surface area (Å²) in [6.45, 7) is 4.92. The van der Waals surface area contributed by atoms with Gasteiger partial charge >= 0.3 is 6.18 Å². The van der Waals surface area contributed by atoms with Crippen molar-refractivity contribution in [1.82, 2.24) is 10.3 Å². The average Bonchev–Trinajstić information content (AvgIpc) is 2.73. The van der Waals surface area contributed by atoms with Crippen molar-refractivity contribution in [2.24, 2.45) is 4.99 Å². The second-order valence-corrected chi connectivity index (χ2v) is 6.92. The van der Waals surface area contributed by atoms with Gasteiger partial charge in [0.05, 0.1) is 17.7 Å². The number of amidine groups is 1. The van der Waals surface area contributed by atoms with Gasteiger partial charge in [0.1, 0.15) is 23.3 Å². The van der Waals surface area contributed by atoms with E-state index in [1.54, 1.807) is 12.1 Å². The SMILES string of the molecule is C=C(NC(=NCc1ccccc1C(F)(F)F)c1cccnc1N)c1cc(F)cc(F)c1C. The molecular formula is C23H19F5N4. The summed E-state index contributed by atoms with van der Waals surface area (Å²) in [4.78, 5) is 8.24. The fraction of sp³-hybridized carbons (Fsp3) is 0.130. The molecule has 0 radical (unpaired) electrons. The van der Waals surface area contributed by atoms with Gasteiger partial charge in [0.2, 0.25) is 0 Å². The second-order valence-electron chi connectivity index (χ2n) is 6.92. The summed E-state index contributed by atoms with van der Waals surface area (Å²) in [7, 11) is 0. The number of nitrogens with two attached hydrogens (primary N) is 1. The van der Waals surface area contributed by atoms with Crippen LogP contribution in [-0.4, -0.2) is 10.8 Å². The van der Waals surface area contributed by atoms with E-state index in [1.165, 1.54) is 31.3 Å². The van der Waals surface area contributed by atoms with Crippen molar-refractivity contribution in [2.45, 2.75) is 19.6 Å². The van der Waals surface area contributed by atoms with Crippen molar-refractivity contribution < 1.29 is 22.0 Å². The molecule has 3 aromatic rings. The lowest BCUT2D eigenvalue weighted by Crippen LogP contribution is -2.25. The zero-order chi connectivity index (χ0) is 23.5. The van der Waals surface area contributed by atoms with E-state index in [2.05, 4.69) is 21.9 Å². The van der Waals surface area contributed by atoms with E-state index >= 15 is 0 Å². The number of aliphatic imine (C=N–C) groups is 1. The molecule has 0 amide bonds. The molecule has 0 aliphatic heterocycles. The van der Waals surface area contributed by atoms with Gasteiger partial charge in [-0.2, -0.15) is 13.2 Å². The van der Waals surface area contributed by atoms with Gasteiger partial charge in [0.15, 0.2) is 0 Å². The van der Waals surface area contributed by atoms with Crippen LogP contribution < -0.4 is 11.1 Å². The number of anilines is 1. The van der Waals surface area contributed by atoms with Gasteiger partial charge in [-0.25, -0.2) is 13.8 Å². The Balaban J connectivity index is 2.02. The average molecular weight is 446 g/mol. The normalized spacial score (nSPS) is 12.0. The summed E-state index contributed by atoms with van der Waals surface area (Å²) < 4.78 is 67.7. The Hall–Kier alpha value is -3.75. The molecule has 0 aliphatic rings. The molecule has 0 saturated heterocycles. The Bertz CT molecular complexity index is 1190. The van der Waals surface area contributed by atoms with Crippen molar-refractivity contribution in [1.29, 1.82) is 0 Å². The highest BCUT2D eigenvalue weighted by Gasteiger charge is 2.32. The number of halogens is 5. The number of nitrogens with one attached hydrogen (secondary N) is 1. The lowest BCUT2D eigenvalue weighted by molar-refractivity contribution is -0.138. The number of nitrogen functional groups attached to an aromatic ring is 1. The summed E-state index contributed by atoms with van der Waals surface area (Å²) in [6, 6.07) is 10.0. The largest absolute Gasteiger partial charge is 0.416 e. The quantitative estimate of drug-likeness (QED) is 0.310. The molecule has 0 bridgehead atoms. The van der Waals surface area contributed by atoms with E-state index in [0.717, 1.165) is 18.2 Å². The highest BCUT2D eigenvalue weighted by atomic mass is 19.4. The lowest BCUT2D eigenvalue weighted by atomic mass is 10.0. The van der Waals surface area contributed by atoms with Gasteiger partial charge in [-0.1, -0.05) is 24.8 Å². The third kappa shape index (κ3) is 5.11. The molecule has 4 nitrogen and oxygen atoms in total. The van der Waals surface area contributed by atoms with Crippen LogP contribution in [0.25, 0.3) is 5.70 Å². The number of benzene rings is 2. The molecule has 0 unspecified atom stereocenters. The summed E-state index contributed by atoms with van der Waals surface area (Å²) in [5, 5.41) is 2.84. The Kier molecular flexibility index (Phi) is 6.57. The number of hydrogen-bond acceptors (Lipinski definition) is 3. The fourth-order valence-electron chi connectivity index (χ4n) is 3.08. The molecule has 2 aromatic carbocycles. The molecule has 0 aliphatic carbocycles. The first kappa shape index (κ1) is 22.9. The number of rotatable bonds is 5. The van der Waals surface area contributed by atoms with E-state index in [1.807, 2.05) is 0 Å². The van der Waals surface area contributed by atoms with Gasteiger partial charge < -0.3 is 11.1 Å². The lowest BCUT2D eigenvalue weighted by Gasteiger charge is -2.17. The number of hydrogen-bond donors (Lipinski definition) is 2. The van der Waals surface area contributed by atoms with E-state index in [-0.39, 0.29) is 40.6 Å². The zero-order valence-corrected chi connectivity index (χ0v) is 17.0. The number of pyridine rings is 1. The monoisotopic (exact) mass is 446 g/mol. The van der Waals surface area contributed by atoms with Crippen molar-refractivity contribution in [3.8, 4) is 0 Å². The first-order chi connectivity index (χ1) is 15.1. The first-order valence-corrected chi connectivity index (χ1v) is 9.40. The van der Waals surface area contributed by atoms with E-state index in [0.29, 0.717) is 5.56 Å². The Labute approximate surface area is 181 Å². The molecule has 1 aromatic heterocycles. The molecule has 9 heteroatoms. The third-order valence-corrected chi connectivity index (χ3v) is 4.73. The maximum Gasteiger partial charge on any atom is 0.416 e. The van der Waals surface area contributed by atoms with Crippen molar-refractivity contribution in [3.63, 3.8) is 0 Å². The van der Waals surface area contributed by atoms with Gasteiger partial charge in [-0.05, 0) is 42.3 Å². The number of alkyl halides is 3. The summed E-state index contributed by atoms with van der Waals surface area (Å²) in [5.74, 6) is -1.44. The van der Waals surface area contributed by atoms with Crippen LogP contribution in [0, 0.1) is 18.6 Å². The topological polar surface area (TPSA) is 63.3 Å². The van der Waals surface area contributed by atoms with Gasteiger partial charge in [0.25, 0.3) is 0 Å². The van der Waals surface area contributed by atoms with Crippen LogP contribution in [0.1, 0.15) is 27.8 Å². The van der Waals surface area contributed by atoms with Crippen LogP contribution in [-0.2, 0) is 12.7 Å². The summed E-state index contributed by atoms with van der Waals surface area (Å²) >= 11 is 0. The fourth-order valence-corrected chi connectivity index (χ4v) is 3.08. The van der Waals surface area contributed by atoms with Crippen LogP contribution in [0.5, 0.6) is 0 Å². The molecule has 0 fully saturated rings. The minimum Gasteiger partial charge on any atom is -0.383 e. The summed E-state index contributed by atoms with van der Waals surface area (Å²) in [5.41, 5.74) is 5.73. The molecule has 166 valence electrons. The van der Waals surface area contributed by atoms with Crippen LogP contribution in [0.4, 0.5) is 27.8 Å².